The number of rotatable bonds is 59. The van der Waals surface area contributed by atoms with E-state index < -0.39 is 24.3 Å². The van der Waals surface area contributed by atoms with Gasteiger partial charge in [-0.15, -0.1) is 0 Å². The minimum absolute atomic E-state index is 0.178. The Bertz CT molecular complexity index is 1490. The molecule has 0 radical (unpaired) electrons. The van der Waals surface area contributed by atoms with Crippen LogP contribution in [0.3, 0.4) is 0 Å². The molecule has 0 aliphatic rings. The van der Waals surface area contributed by atoms with Gasteiger partial charge in [-0.2, -0.15) is 0 Å². The van der Waals surface area contributed by atoms with Crippen molar-refractivity contribution in [2.45, 2.75) is 296 Å². The Balaban J connectivity index is 4.04. The van der Waals surface area contributed by atoms with Gasteiger partial charge in [0.05, 0.1) is 34.4 Å². The lowest BCUT2D eigenvalue weighted by Crippen LogP contribution is -2.40. The molecule has 0 fully saturated rings. The number of carbonyl (C=O) groups excluding carboxylic acids is 2. The van der Waals surface area contributed by atoms with E-state index in [0.717, 1.165) is 77.0 Å². The third-order valence-corrected chi connectivity index (χ3v) is 14.0. The van der Waals surface area contributed by atoms with Crippen molar-refractivity contribution >= 4 is 17.9 Å². The molecular weight excluding hydrogens is 959 g/mol. The first-order valence-electron chi connectivity index (χ1n) is 32.1. The van der Waals surface area contributed by atoms with E-state index in [1.807, 2.05) is 21.1 Å². The first-order valence-corrected chi connectivity index (χ1v) is 32.1. The number of carboxylic acids is 1. The van der Waals surface area contributed by atoms with E-state index in [4.69, 9.17) is 18.9 Å². The Morgan fingerprint density at radius 1 is 0.403 bits per heavy atom. The lowest BCUT2D eigenvalue weighted by atomic mass is 10.0. The molecule has 9 heteroatoms. The molecular formula is C68H122NO8+. The van der Waals surface area contributed by atoms with E-state index in [2.05, 4.69) is 86.8 Å². The summed E-state index contributed by atoms with van der Waals surface area (Å²) in [6, 6.07) is 0. The number of carbonyl (C=O) groups is 3. The fourth-order valence-electron chi connectivity index (χ4n) is 9.08. The molecule has 446 valence electrons. The summed E-state index contributed by atoms with van der Waals surface area (Å²) in [7, 11) is 5.98. The number of hydrogen-bond acceptors (Lipinski definition) is 7. The highest BCUT2D eigenvalue weighted by molar-refractivity contribution is 5.71. The standard InChI is InChI=1S/C68H121NO8/c1-6-8-10-12-14-16-18-20-22-23-24-25-26-27-28-29-30-31-32-33-34-35-36-37-38-39-40-41-42-43-45-47-49-51-53-55-57-59-66(71)77-64(63-76-68(67(72)73)74-61-60-69(3,4)5)62-75-65(70)58-56-54-52-50-48-46-44-21-19-17-15-13-11-9-7-2/h8,10,14,16,20,22,24-25,27-28,30-31,64,68H,6-7,9,11-13,15,17-19,21,23,26,29,32-63H2,1-5H3/p+1/b10-8-,16-14-,22-20-,25-24-,28-27-,31-30-. The molecule has 0 aromatic heterocycles. The number of nitrogens with zero attached hydrogens (tertiary/aromatic N) is 1. The molecule has 0 aliphatic carbocycles. The summed E-state index contributed by atoms with van der Waals surface area (Å²) in [5.41, 5.74) is 0. The highest BCUT2D eigenvalue weighted by Gasteiger charge is 2.25. The fraction of sp³-hybridized carbons (Fsp3) is 0.779. The molecule has 1 N–H and O–H groups in total. The van der Waals surface area contributed by atoms with Gasteiger partial charge in [-0.3, -0.25) is 9.59 Å². The predicted molar refractivity (Wildman–Crippen MR) is 327 cm³/mol. The summed E-state index contributed by atoms with van der Waals surface area (Å²) in [5, 5.41) is 9.71. The van der Waals surface area contributed by atoms with Crippen LogP contribution in [0.15, 0.2) is 72.9 Å². The van der Waals surface area contributed by atoms with Crippen LogP contribution in [0.4, 0.5) is 0 Å². The van der Waals surface area contributed by atoms with Crippen LogP contribution in [0.1, 0.15) is 284 Å². The number of allylic oxidation sites excluding steroid dienone is 12. The van der Waals surface area contributed by atoms with E-state index in [9.17, 15) is 19.5 Å². The summed E-state index contributed by atoms with van der Waals surface area (Å²) in [6.45, 7) is 4.80. The smallest absolute Gasteiger partial charge is 0.361 e. The van der Waals surface area contributed by atoms with Crippen molar-refractivity contribution in [2.75, 3.05) is 47.5 Å². The van der Waals surface area contributed by atoms with Gasteiger partial charge in [0, 0.05) is 12.8 Å². The Morgan fingerprint density at radius 3 is 1.10 bits per heavy atom. The minimum Gasteiger partial charge on any atom is -0.477 e. The molecule has 2 unspecified atom stereocenters. The SMILES string of the molecule is CC/C=C\C/C=C\C/C=C\C/C=C\C/C=C\C/C=C\CCCCCCCCCCCCCCCCCCCCC(=O)OC(COC(=O)CCCCCCCCCCCCCCCCC)COC(OCC[N+](C)(C)C)C(=O)O. The maximum Gasteiger partial charge on any atom is 0.361 e. The van der Waals surface area contributed by atoms with Gasteiger partial charge in [0.25, 0.3) is 6.29 Å². The molecule has 0 bridgehead atoms. The number of quaternary nitrogens is 1. The molecule has 9 nitrogen and oxygen atoms in total. The van der Waals surface area contributed by atoms with Crippen LogP contribution in [-0.4, -0.2) is 87.4 Å². The molecule has 0 amide bonds. The van der Waals surface area contributed by atoms with Crippen LogP contribution in [0, 0.1) is 0 Å². The molecule has 2 atom stereocenters. The summed E-state index contributed by atoms with van der Waals surface area (Å²) in [4.78, 5) is 37.4. The van der Waals surface area contributed by atoms with E-state index in [1.165, 1.54) is 180 Å². The number of ether oxygens (including phenoxy) is 4. The van der Waals surface area contributed by atoms with Gasteiger partial charge in [0.1, 0.15) is 13.2 Å². The van der Waals surface area contributed by atoms with Gasteiger partial charge < -0.3 is 28.5 Å². The molecule has 0 saturated carbocycles. The second-order valence-electron chi connectivity index (χ2n) is 22.7. The molecule has 0 spiro atoms. The lowest BCUT2D eigenvalue weighted by molar-refractivity contribution is -0.870. The van der Waals surface area contributed by atoms with Gasteiger partial charge in [0.2, 0.25) is 0 Å². The first-order chi connectivity index (χ1) is 37.6. The molecule has 0 aliphatic heterocycles. The fourth-order valence-corrected chi connectivity index (χ4v) is 9.08. The number of likely N-dealkylation sites (N-methyl/N-ethyl adjacent to an activating group) is 1. The number of aliphatic carboxylic acids is 1. The van der Waals surface area contributed by atoms with Crippen LogP contribution < -0.4 is 0 Å². The average molecular weight is 1080 g/mol. The number of unbranched alkanes of at least 4 members (excludes halogenated alkanes) is 32. The maximum atomic E-state index is 12.9. The van der Waals surface area contributed by atoms with Crippen molar-refractivity contribution in [3.8, 4) is 0 Å². The molecule has 0 rings (SSSR count). The molecule has 0 aromatic carbocycles. The van der Waals surface area contributed by atoms with E-state index in [1.54, 1.807) is 0 Å². The highest BCUT2D eigenvalue weighted by atomic mass is 16.7. The van der Waals surface area contributed by atoms with Gasteiger partial charge in [-0.25, -0.2) is 4.79 Å². The van der Waals surface area contributed by atoms with Crippen molar-refractivity contribution in [1.82, 2.24) is 0 Å². The monoisotopic (exact) mass is 1080 g/mol. The third-order valence-electron chi connectivity index (χ3n) is 14.0. The first kappa shape index (κ1) is 73.7. The van der Waals surface area contributed by atoms with E-state index in [0.29, 0.717) is 17.4 Å². The van der Waals surface area contributed by atoms with Crippen LogP contribution >= 0.6 is 0 Å². The topological polar surface area (TPSA) is 108 Å². The molecule has 0 aromatic rings. The van der Waals surface area contributed by atoms with E-state index in [-0.39, 0.29) is 32.2 Å². The summed E-state index contributed by atoms with van der Waals surface area (Å²) >= 11 is 0. The number of hydrogen-bond donors (Lipinski definition) is 1. The summed E-state index contributed by atoms with van der Waals surface area (Å²) in [6.07, 6.45) is 74.3. The molecule has 0 saturated heterocycles. The van der Waals surface area contributed by atoms with Crippen molar-refractivity contribution in [3.63, 3.8) is 0 Å². The second kappa shape index (κ2) is 58.9. The number of carboxylic acid groups (broad SMARTS) is 1. The van der Waals surface area contributed by atoms with Crippen molar-refractivity contribution in [1.29, 1.82) is 0 Å². The second-order valence-corrected chi connectivity index (χ2v) is 22.7. The lowest BCUT2D eigenvalue weighted by Gasteiger charge is -2.25. The van der Waals surface area contributed by atoms with Crippen molar-refractivity contribution < 1.29 is 42.9 Å². The predicted octanol–water partition coefficient (Wildman–Crippen LogP) is 19.4. The quantitative estimate of drug-likeness (QED) is 0.0211. The average Bonchev–Trinajstić information content (AvgIpc) is 3.40. The van der Waals surface area contributed by atoms with Gasteiger partial charge in [-0.1, -0.05) is 279 Å². The normalized spacial score (nSPS) is 13.2. The van der Waals surface area contributed by atoms with Crippen LogP contribution in [0.5, 0.6) is 0 Å². The zero-order chi connectivity index (χ0) is 56.2. The largest absolute Gasteiger partial charge is 0.477 e. The van der Waals surface area contributed by atoms with Gasteiger partial charge in [-0.05, 0) is 64.2 Å². The number of esters is 2. The molecule has 77 heavy (non-hydrogen) atoms. The maximum absolute atomic E-state index is 12.9. The van der Waals surface area contributed by atoms with E-state index >= 15 is 0 Å². The van der Waals surface area contributed by atoms with Crippen LogP contribution in [0.25, 0.3) is 0 Å². The molecule has 0 heterocycles. The Morgan fingerprint density at radius 2 is 0.740 bits per heavy atom. The minimum atomic E-state index is -1.51. The summed E-state index contributed by atoms with van der Waals surface area (Å²) < 4.78 is 22.9. The van der Waals surface area contributed by atoms with Crippen molar-refractivity contribution in [2.24, 2.45) is 0 Å². The van der Waals surface area contributed by atoms with Crippen molar-refractivity contribution in [3.05, 3.63) is 72.9 Å². The Hall–Kier alpha value is -3.27. The Kier molecular flexibility index (Phi) is 56.4. The highest BCUT2D eigenvalue weighted by Crippen LogP contribution is 2.17. The summed E-state index contributed by atoms with van der Waals surface area (Å²) in [5.74, 6) is -1.99. The Labute approximate surface area is 475 Å². The van der Waals surface area contributed by atoms with Crippen LogP contribution in [0.2, 0.25) is 0 Å². The zero-order valence-corrected chi connectivity index (χ0v) is 50.9. The van der Waals surface area contributed by atoms with Crippen LogP contribution in [-0.2, 0) is 33.3 Å². The van der Waals surface area contributed by atoms with Gasteiger partial charge in [0.15, 0.2) is 6.10 Å². The third kappa shape index (κ3) is 60.2. The zero-order valence-electron chi connectivity index (χ0n) is 50.9. The van der Waals surface area contributed by atoms with Gasteiger partial charge >= 0.3 is 17.9 Å².